The van der Waals surface area contributed by atoms with E-state index in [1.54, 1.807) is 41.3 Å². The van der Waals surface area contributed by atoms with Crippen molar-refractivity contribution in [3.05, 3.63) is 59.4 Å². The third-order valence-electron chi connectivity index (χ3n) is 6.31. The van der Waals surface area contributed by atoms with Crippen molar-refractivity contribution < 1.29 is 18.7 Å². The number of carbonyl (C=O) groups excluding carboxylic acids is 2. The van der Waals surface area contributed by atoms with Gasteiger partial charge >= 0.3 is 6.03 Å². The van der Waals surface area contributed by atoms with E-state index in [0.717, 1.165) is 19.3 Å². The van der Waals surface area contributed by atoms with Crippen molar-refractivity contribution in [3.8, 4) is 5.75 Å². The molecular weight excluding hydrogens is 409 g/mol. The van der Waals surface area contributed by atoms with E-state index in [1.165, 1.54) is 12.1 Å². The minimum Gasteiger partial charge on any atom is -0.484 e. The predicted molar refractivity (Wildman–Crippen MR) is 110 cm³/mol. The Hall–Kier alpha value is -2.80. The fraction of sp³-hybridized carbons (Fsp3) is 0.364. The van der Waals surface area contributed by atoms with Gasteiger partial charge in [0.15, 0.2) is 6.61 Å². The largest absolute Gasteiger partial charge is 0.484 e. The molecule has 30 heavy (non-hydrogen) atoms. The van der Waals surface area contributed by atoms with E-state index in [1.807, 2.05) is 4.90 Å². The molecule has 0 aromatic heterocycles. The maximum atomic E-state index is 13.2. The highest BCUT2D eigenvalue weighted by Crippen LogP contribution is 2.64. The summed E-state index contributed by atoms with van der Waals surface area (Å²) in [6, 6.07) is 12.8. The number of rotatable bonds is 6. The summed E-state index contributed by atoms with van der Waals surface area (Å²) in [5, 5.41) is 3.68. The van der Waals surface area contributed by atoms with Gasteiger partial charge in [-0.3, -0.25) is 9.69 Å². The molecule has 6 rings (SSSR count). The van der Waals surface area contributed by atoms with Crippen LogP contribution in [-0.2, 0) is 4.79 Å². The third-order valence-corrected chi connectivity index (χ3v) is 6.56. The zero-order valence-corrected chi connectivity index (χ0v) is 17.0. The summed E-state index contributed by atoms with van der Waals surface area (Å²) in [5.41, 5.74) is 0.304. The van der Waals surface area contributed by atoms with Gasteiger partial charge < -0.3 is 15.0 Å². The Morgan fingerprint density at radius 1 is 1.07 bits per heavy atom. The maximum Gasteiger partial charge on any atom is 0.325 e. The lowest BCUT2D eigenvalue weighted by atomic mass is 9.43. The Morgan fingerprint density at radius 2 is 1.73 bits per heavy atom. The van der Waals surface area contributed by atoms with Crippen LogP contribution >= 0.6 is 11.6 Å². The van der Waals surface area contributed by atoms with E-state index in [9.17, 15) is 14.0 Å². The van der Waals surface area contributed by atoms with Gasteiger partial charge in [0.1, 0.15) is 11.6 Å². The molecule has 0 atom stereocenters. The van der Waals surface area contributed by atoms with Crippen LogP contribution in [0.25, 0.3) is 0 Å². The molecule has 3 aliphatic carbocycles. The minimum absolute atomic E-state index is 0.0488. The second-order valence-corrected chi connectivity index (χ2v) is 8.82. The van der Waals surface area contributed by atoms with Crippen molar-refractivity contribution >= 4 is 29.2 Å². The van der Waals surface area contributed by atoms with Gasteiger partial charge in [0.05, 0.1) is 5.54 Å². The van der Waals surface area contributed by atoms with E-state index in [0.29, 0.717) is 29.5 Å². The zero-order chi connectivity index (χ0) is 20.9. The first-order chi connectivity index (χ1) is 14.4. The Bertz CT molecular complexity index is 976. The Kier molecular flexibility index (Phi) is 4.39. The van der Waals surface area contributed by atoms with E-state index >= 15 is 0 Å². The predicted octanol–water partition coefficient (Wildman–Crippen LogP) is 3.59. The molecule has 3 saturated carbocycles. The summed E-state index contributed by atoms with van der Waals surface area (Å²) < 4.78 is 18.7. The van der Waals surface area contributed by atoms with Gasteiger partial charge in [0, 0.05) is 29.3 Å². The van der Waals surface area contributed by atoms with Crippen LogP contribution in [0.4, 0.5) is 14.9 Å². The average molecular weight is 430 g/mol. The number of hydrogen-bond donors (Lipinski definition) is 1. The highest BCUT2D eigenvalue weighted by molar-refractivity contribution is 6.30. The van der Waals surface area contributed by atoms with Crippen molar-refractivity contribution in [1.82, 2.24) is 10.2 Å². The second-order valence-electron chi connectivity index (χ2n) is 8.39. The number of nitrogens with one attached hydrogen (secondary N) is 1. The fourth-order valence-corrected chi connectivity index (χ4v) is 5.13. The van der Waals surface area contributed by atoms with Gasteiger partial charge in [-0.15, -0.1) is 0 Å². The monoisotopic (exact) mass is 429 g/mol. The topological polar surface area (TPSA) is 61.9 Å². The van der Waals surface area contributed by atoms with E-state index in [2.05, 4.69) is 5.32 Å². The summed E-state index contributed by atoms with van der Waals surface area (Å²) >= 11 is 5.84. The number of urea groups is 1. The number of amides is 3. The lowest BCUT2D eigenvalue weighted by molar-refractivity contribution is -0.165. The average Bonchev–Trinajstić information content (AvgIpc) is 3.05. The first-order valence-electron chi connectivity index (χ1n) is 9.92. The first kappa shape index (κ1) is 19.2. The van der Waals surface area contributed by atoms with Crippen LogP contribution in [-0.4, -0.2) is 47.6 Å². The summed E-state index contributed by atoms with van der Waals surface area (Å²) in [5.74, 6) is 0.102. The van der Waals surface area contributed by atoms with Gasteiger partial charge in [-0.1, -0.05) is 11.6 Å². The SMILES string of the molecule is O=C(COc1ccc(Cl)cc1)NC12CC(N3CCN(c4ccc(F)cc4)C3=O)(C1)C2. The second kappa shape index (κ2) is 6.87. The maximum absolute atomic E-state index is 13.2. The van der Waals surface area contributed by atoms with Gasteiger partial charge in [0.2, 0.25) is 0 Å². The number of halogens is 2. The molecule has 1 N–H and O–H groups in total. The van der Waals surface area contributed by atoms with Crippen LogP contribution in [0.2, 0.25) is 5.02 Å². The fourth-order valence-electron chi connectivity index (χ4n) is 5.00. The summed E-state index contributed by atoms with van der Waals surface area (Å²) in [7, 11) is 0. The quantitative estimate of drug-likeness (QED) is 0.763. The molecule has 2 bridgehead atoms. The van der Waals surface area contributed by atoms with Crippen LogP contribution in [0.3, 0.4) is 0 Å². The molecule has 8 heteroatoms. The Labute approximate surface area is 178 Å². The van der Waals surface area contributed by atoms with Gasteiger partial charge in [-0.25, -0.2) is 9.18 Å². The molecule has 0 unspecified atom stereocenters. The molecule has 1 saturated heterocycles. The molecule has 6 nitrogen and oxygen atoms in total. The summed E-state index contributed by atoms with van der Waals surface area (Å²) in [6.07, 6.45) is 2.28. The van der Waals surface area contributed by atoms with Crippen LogP contribution in [0, 0.1) is 5.82 Å². The van der Waals surface area contributed by atoms with Crippen molar-refractivity contribution in [2.24, 2.45) is 0 Å². The number of hydrogen-bond acceptors (Lipinski definition) is 3. The van der Waals surface area contributed by atoms with Gasteiger partial charge in [-0.05, 0) is 67.8 Å². The lowest BCUT2D eigenvalue weighted by Crippen LogP contribution is -2.84. The molecule has 4 aliphatic rings. The van der Waals surface area contributed by atoms with E-state index < -0.39 is 0 Å². The lowest BCUT2D eigenvalue weighted by Gasteiger charge is -2.72. The number of nitrogens with zero attached hydrogens (tertiary/aromatic N) is 2. The highest BCUT2D eigenvalue weighted by atomic mass is 35.5. The summed E-state index contributed by atoms with van der Waals surface area (Å²) in [4.78, 5) is 28.8. The number of ether oxygens (including phenoxy) is 1. The van der Waals surface area contributed by atoms with E-state index in [4.69, 9.17) is 16.3 Å². The Balaban J connectivity index is 1.13. The number of carbonyl (C=O) groups is 2. The van der Waals surface area contributed by atoms with Crippen molar-refractivity contribution in [3.63, 3.8) is 0 Å². The zero-order valence-electron chi connectivity index (χ0n) is 16.2. The number of anilines is 1. The third kappa shape index (κ3) is 3.17. The van der Waals surface area contributed by atoms with Crippen LogP contribution in [0.5, 0.6) is 5.75 Å². The molecule has 0 radical (unpaired) electrons. The molecule has 2 aromatic carbocycles. The van der Waals surface area contributed by atoms with E-state index in [-0.39, 0.29) is 35.4 Å². The molecule has 1 aliphatic heterocycles. The normalized spacial score (nSPS) is 26.8. The van der Waals surface area contributed by atoms with Crippen LogP contribution in [0.15, 0.2) is 48.5 Å². The molecule has 4 fully saturated rings. The molecule has 3 amide bonds. The first-order valence-corrected chi connectivity index (χ1v) is 10.3. The molecule has 2 aromatic rings. The Morgan fingerprint density at radius 3 is 2.40 bits per heavy atom. The van der Waals surface area contributed by atoms with Crippen molar-refractivity contribution in [2.45, 2.75) is 30.3 Å². The molecule has 0 spiro atoms. The minimum atomic E-state index is -0.320. The standard InChI is InChI=1S/C22H21ClFN3O3/c23-15-1-7-18(8-2-15)30-11-19(28)25-21-12-22(13-21,14-21)27-10-9-26(20(27)29)17-5-3-16(24)4-6-17/h1-8H,9-14H2,(H,25,28). The molecule has 156 valence electrons. The highest BCUT2D eigenvalue weighted by Gasteiger charge is 2.72. The van der Waals surface area contributed by atoms with Gasteiger partial charge in [-0.2, -0.15) is 0 Å². The van der Waals surface area contributed by atoms with Crippen LogP contribution in [0.1, 0.15) is 19.3 Å². The summed E-state index contributed by atoms with van der Waals surface area (Å²) in [6.45, 7) is 1.16. The van der Waals surface area contributed by atoms with Crippen molar-refractivity contribution in [1.29, 1.82) is 0 Å². The molecular formula is C22H21ClFN3O3. The van der Waals surface area contributed by atoms with Crippen molar-refractivity contribution in [2.75, 3.05) is 24.6 Å². The van der Waals surface area contributed by atoms with Gasteiger partial charge in [0.25, 0.3) is 5.91 Å². The molecule has 1 heterocycles. The van der Waals surface area contributed by atoms with Crippen LogP contribution < -0.4 is 15.0 Å². The smallest absolute Gasteiger partial charge is 0.325 e. The number of benzene rings is 2.